The molecule has 0 spiro atoms. The molecule has 1 aromatic carbocycles. The molecule has 0 saturated carbocycles. The summed E-state index contributed by atoms with van der Waals surface area (Å²) in [6.07, 6.45) is 3.27. The van der Waals surface area contributed by atoms with Gasteiger partial charge in [-0.1, -0.05) is 46.3 Å². The molecule has 19 heavy (non-hydrogen) atoms. The summed E-state index contributed by atoms with van der Waals surface area (Å²) < 4.78 is 28.4. The summed E-state index contributed by atoms with van der Waals surface area (Å²) in [7, 11) is 0. The van der Waals surface area contributed by atoms with Crippen molar-refractivity contribution in [2.45, 2.75) is 25.2 Å². The van der Waals surface area contributed by atoms with E-state index in [1.807, 2.05) is 4.90 Å². The summed E-state index contributed by atoms with van der Waals surface area (Å²) in [4.78, 5) is 1.92. The monoisotopic (exact) mass is 331 g/mol. The zero-order chi connectivity index (χ0) is 13.7. The van der Waals surface area contributed by atoms with Gasteiger partial charge in [-0.15, -0.1) is 0 Å². The predicted molar refractivity (Wildman–Crippen MR) is 77.9 cm³/mol. The third-order valence-corrected chi connectivity index (χ3v) is 4.20. The van der Waals surface area contributed by atoms with Gasteiger partial charge in [0, 0.05) is 17.4 Å². The largest absolute Gasteiger partial charge is 0.297 e. The number of hydrogen-bond acceptors (Lipinski definition) is 1. The molecular formula is C15H20BrF2N. The van der Waals surface area contributed by atoms with Crippen molar-refractivity contribution >= 4 is 15.9 Å². The van der Waals surface area contributed by atoms with Gasteiger partial charge in [-0.3, -0.25) is 4.90 Å². The second-order valence-electron chi connectivity index (χ2n) is 5.29. The number of rotatable bonds is 5. The fraction of sp³-hybridized carbons (Fsp3) is 0.600. The first-order chi connectivity index (χ1) is 9.12. The van der Waals surface area contributed by atoms with Crippen LogP contribution in [0, 0.1) is 5.92 Å². The summed E-state index contributed by atoms with van der Waals surface area (Å²) in [5.41, 5.74) is 0.123. The van der Waals surface area contributed by atoms with Gasteiger partial charge in [0.15, 0.2) is 0 Å². The molecule has 1 unspecified atom stereocenters. The van der Waals surface area contributed by atoms with Crippen molar-refractivity contribution in [2.24, 2.45) is 5.92 Å². The van der Waals surface area contributed by atoms with E-state index < -0.39 is 5.92 Å². The summed E-state index contributed by atoms with van der Waals surface area (Å²) in [6.45, 7) is 1.44. The number of piperidine rings is 1. The van der Waals surface area contributed by atoms with Crippen molar-refractivity contribution in [3.63, 3.8) is 0 Å². The number of alkyl halides is 3. The molecule has 1 nitrogen and oxygen atoms in total. The van der Waals surface area contributed by atoms with Crippen molar-refractivity contribution in [3.8, 4) is 0 Å². The van der Waals surface area contributed by atoms with Gasteiger partial charge in [0.25, 0.3) is 5.92 Å². The van der Waals surface area contributed by atoms with Gasteiger partial charge in [0.05, 0.1) is 6.54 Å². The zero-order valence-electron chi connectivity index (χ0n) is 11.0. The Kier molecular flexibility index (Phi) is 5.34. The molecule has 2 rings (SSSR count). The van der Waals surface area contributed by atoms with E-state index in [1.165, 1.54) is 18.6 Å². The van der Waals surface area contributed by atoms with E-state index >= 15 is 0 Å². The van der Waals surface area contributed by atoms with Crippen LogP contribution in [0.25, 0.3) is 0 Å². The van der Waals surface area contributed by atoms with Crippen LogP contribution in [0.3, 0.4) is 0 Å². The molecular weight excluding hydrogens is 312 g/mol. The SMILES string of the molecule is FC(F)(CN1CCCC(CCBr)C1)c1ccccc1. The van der Waals surface area contributed by atoms with E-state index in [0.29, 0.717) is 5.92 Å². The molecule has 1 saturated heterocycles. The van der Waals surface area contributed by atoms with E-state index in [0.717, 1.165) is 31.3 Å². The Labute approximate surface area is 122 Å². The predicted octanol–water partition coefficient (Wildman–Crippen LogP) is 4.28. The summed E-state index contributed by atoms with van der Waals surface area (Å²) in [5, 5.41) is 0.959. The Balaban J connectivity index is 1.96. The standard InChI is InChI=1S/C15H20BrF2N/c16-9-8-13-5-4-10-19(11-13)12-15(17,18)14-6-2-1-3-7-14/h1-3,6-7,13H,4-5,8-12H2. The Bertz CT molecular complexity index is 381. The molecule has 1 aromatic rings. The Hall–Kier alpha value is -0.480. The lowest BCUT2D eigenvalue weighted by atomic mass is 9.95. The van der Waals surface area contributed by atoms with Gasteiger partial charge in [-0.25, -0.2) is 0 Å². The van der Waals surface area contributed by atoms with Crippen LogP contribution in [-0.2, 0) is 5.92 Å². The highest BCUT2D eigenvalue weighted by molar-refractivity contribution is 9.09. The van der Waals surface area contributed by atoms with Crippen molar-refractivity contribution in [1.29, 1.82) is 0 Å². The Morgan fingerprint density at radius 3 is 2.68 bits per heavy atom. The maximum absolute atomic E-state index is 14.2. The van der Waals surface area contributed by atoms with Crippen LogP contribution in [0.5, 0.6) is 0 Å². The van der Waals surface area contributed by atoms with E-state index in [9.17, 15) is 8.78 Å². The molecule has 1 heterocycles. The summed E-state index contributed by atoms with van der Waals surface area (Å²) in [5.74, 6) is -2.20. The molecule has 0 bridgehead atoms. The van der Waals surface area contributed by atoms with Gasteiger partial charge in [-0.05, 0) is 31.7 Å². The molecule has 0 amide bonds. The fourth-order valence-electron chi connectivity index (χ4n) is 2.74. The van der Waals surface area contributed by atoms with Crippen LogP contribution < -0.4 is 0 Å². The van der Waals surface area contributed by atoms with E-state index in [-0.39, 0.29) is 12.1 Å². The van der Waals surface area contributed by atoms with Crippen LogP contribution in [0.15, 0.2) is 30.3 Å². The Morgan fingerprint density at radius 2 is 2.00 bits per heavy atom. The van der Waals surface area contributed by atoms with Crippen molar-refractivity contribution in [2.75, 3.05) is 25.0 Å². The fourth-order valence-corrected chi connectivity index (χ4v) is 3.39. The highest BCUT2D eigenvalue weighted by atomic mass is 79.9. The summed E-state index contributed by atoms with van der Waals surface area (Å²) >= 11 is 3.44. The number of benzene rings is 1. The Morgan fingerprint density at radius 1 is 1.26 bits per heavy atom. The van der Waals surface area contributed by atoms with E-state index in [1.54, 1.807) is 18.2 Å². The van der Waals surface area contributed by atoms with Crippen LogP contribution in [-0.4, -0.2) is 29.9 Å². The molecule has 1 aliphatic heterocycles. The maximum Gasteiger partial charge on any atom is 0.285 e. The van der Waals surface area contributed by atoms with Crippen LogP contribution in [0.1, 0.15) is 24.8 Å². The smallest absolute Gasteiger partial charge is 0.285 e. The third-order valence-electron chi connectivity index (χ3n) is 3.74. The summed E-state index contributed by atoms with van der Waals surface area (Å²) in [6, 6.07) is 8.15. The van der Waals surface area contributed by atoms with Gasteiger partial charge in [0.1, 0.15) is 0 Å². The second-order valence-corrected chi connectivity index (χ2v) is 6.08. The lowest BCUT2D eigenvalue weighted by Gasteiger charge is -2.34. The number of likely N-dealkylation sites (tertiary alicyclic amines) is 1. The number of halogens is 3. The van der Waals surface area contributed by atoms with Gasteiger partial charge < -0.3 is 0 Å². The molecule has 1 atom stereocenters. The van der Waals surface area contributed by atoms with Crippen molar-refractivity contribution < 1.29 is 8.78 Å². The number of nitrogens with zero attached hydrogens (tertiary/aromatic N) is 1. The van der Waals surface area contributed by atoms with Crippen LogP contribution in [0.4, 0.5) is 8.78 Å². The topological polar surface area (TPSA) is 3.24 Å². The molecule has 0 aromatic heterocycles. The van der Waals surface area contributed by atoms with Crippen LogP contribution >= 0.6 is 15.9 Å². The minimum absolute atomic E-state index is 0.123. The molecule has 0 radical (unpaired) electrons. The maximum atomic E-state index is 14.2. The van der Waals surface area contributed by atoms with Gasteiger partial charge in [-0.2, -0.15) is 8.78 Å². The van der Waals surface area contributed by atoms with Crippen LogP contribution in [0.2, 0.25) is 0 Å². The third kappa shape index (κ3) is 4.25. The molecule has 0 aliphatic carbocycles. The average Bonchev–Trinajstić information content (AvgIpc) is 2.40. The second kappa shape index (κ2) is 6.80. The first kappa shape index (κ1) is 14.9. The number of hydrogen-bond donors (Lipinski definition) is 0. The van der Waals surface area contributed by atoms with E-state index in [2.05, 4.69) is 15.9 Å². The minimum atomic E-state index is -2.75. The first-order valence-corrected chi connectivity index (χ1v) is 7.95. The first-order valence-electron chi connectivity index (χ1n) is 6.83. The minimum Gasteiger partial charge on any atom is -0.297 e. The molecule has 4 heteroatoms. The van der Waals surface area contributed by atoms with Crippen molar-refractivity contribution in [1.82, 2.24) is 4.90 Å². The quantitative estimate of drug-likeness (QED) is 0.728. The molecule has 106 valence electrons. The van der Waals surface area contributed by atoms with Gasteiger partial charge >= 0.3 is 0 Å². The average molecular weight is 332 g/mol. The van der Waals surface area contributed by atoms with E-state index in [4.69, 9.17) is 0 Å². The zero-order valence-corrected chi connectivity index (χ0v) is 12.6. The normalized spacial score (nSPS) is 21.5. The highest BCUT2D eigenvalue weighted by Gasteiger charge is 2.35. The van der Waals surface area contributed by atoms with Gasteiger partial charge in [0.2, 0.25) is 0 Å². The lowest BCUT2D eigenvalue weighted by molar-refractivity contribution is -0.0464. The molecule has 0 N–H and O–H groups in total. The van der Waals surface area contributed by atoms with Crippen molar-refractivity contribution in [3.05, 3.63) is 35.9 Å². The highest BCUT2D eigenvalue weighted by Crippen LogP contribution is 2.31. The lowest BCUT2D eigenvalue weighted by Crippen LogP contribution is -2.41. The molecule has 1 fully saturated rings. The molecule has 1 aliphatic rings.